The number of aromatic nitrogens is 3. The van der Waals surface area contributed by atoms with Crippen LogP contribution in [-0.2, 0) is 6.54 Å². The SMILES string of the molecule is Cc1ccnc(Nc2ncnc(NCc3ccccc3Cl)c2N)c1. The summed E-state index contributed by atoms with van der Waals surface area (Å²) >= 11 is 6.16. The molecule has 6 nitrogen and oxygen atoms in total. The number of rotatable bonds is 5. The molecule has 0 aliphatic heterocycles. The van der Waals surface area contributed by atoms with Gasteiger partial charge in [0.1, 0.15) is 17.8 Å². The van der Waals surface area contributed by atoms with E-state index in [-0.39, 0.29) is 0 Å². The molecule has 0 spiro atoms. The molecule has 3 rings (SSSR count). The zero-order valence-corrected chi connectivity index (χ0v) is 13.9. The van der Waals surface area contributed by atoms with Gasteiger partial charge in [-0.15, -0.1) is 0 Å². The summed E-state index contributed by atoms with van der Waals surface area (Å²) in [5.74, 6) is 1.72. The molecule has 4 N–H and O–H groups in total. The lowest BCUT2D eigenvalue weighted by Crippen LogP contribution is -2.08. The average molecular weight is 341 g/mol. The van der Waals surface area contributed by atoms with Crippen molar-refractivity contribution in [2.24, 2.45) is 0 Å². The molecule has 122 valence electrons. The van der Waals surface area contributed by atoms with Crippen LogP contribution in [0.4, 0.5) is 23.1 Å². The summed E-state index contributed by atoms with van der Waals surface area (Å²) in [7, 11) is 0. The van der Waals surface area contributed by atoms with Crippen LogP contribution in [0, 0.1) is 6.92 Å². The first-order valence-corrected chi connectivity index (χ1v) is 7.78. The highest BCUT2D eigenvalue weighted by Gasteiger charge is 2.09. The van der Waals surface area contributed by atoms with Crippen molar-refractivity contribution in [1.82, 2.24) is 15.0 Å². The van der Waals surface area contributed by atoms with Crippen LogP contribution in [0.1, 0.15) is 11.1 Å². The topological polar surface area (TPSA) is 88.8 Å². The molecule has 0 aliphatic carbocycles. The van der Waals surface area contributed by atoms with E-state index in [9.17, 15) is 0 Å². The van der Waals surface area contributed by atoms with Gasteiger partial charge in [-0.25, -0.2) is 15.0 Å². The second kappa shape index (κ2) is 7.14. The minimum Gasteiger partial charge on any atom is -0.393 e. The predicted octanol–water partition coefficient (Wildman–Crippen LogP) is 3.77. The fraction of sp³-hybridized carbons (Fsp3) is 0.118. The predicted molar refractivity (Wildman–Crippen MR) is 97.5 cm³/mol. The van der Waals surface area contributed by atoms with Crippen LogP contribution in [0.3, 0.4) is 0 Å². The summed E-state index contributed by atoms with van der Waals surface area (Å²) in [5.41, 5.74) is 8.64. The Morgan fingerprint density at radius 2 is 1.88 bits per heavy atom. The van der Waals surface area contributed by atoms with Crippen LogP contribution >= 0.6 is 11.6 Å². The Bertz CT molecular complexity index is 852. The first kappa shape index (κ1) is 16.0. The Balaban J connectivity index is 1.77. The Kier molecular flexibility index (Phi) is 4.77. The minimum atomic E-state index is 0.424. The van der Waals surface area contributed by atoms with Gasteiger partial charge >= 0.3 is 0 Å². The Morgan fingerprint density at radius 1 is 1.08 bits per heavy atom. The van der Waals surface area contributed by atoms with Gasteiger partial charge < -0.3 is 16.4 Å². The van der Waals surface area contributed by atoms with Gasteiger partial charge in [-0.1, -0.05) is 29.8 Å². The van der Waals surface area contributed by atoms with Crippen molar-refractivity contribution in [2.45, 2.75) is 13.5 Å². The highest BCUT2D eigenvalue weighted by Crippen LogP contribution is 2.26. The smallest absolute Gasteiger partial charge is 0.160 e. The Morgan fingerprint density at radius 3 is 2.67 bits per heavy atom. The van der Waals surface area contributed by atoms with E-state index in [0.29, 0.717) is 34.7 Å². The van der Waals surface area contributed by atoms with Crippen molar-refractivity contribution < 1.29 is 0 Å². The van der Waals surface area contributed by atoms with Gasteiger partial charge in [0.2, 0.25) is 0 Å². The van der Waals surface area contributed by atoms with E-state index in [4.69, 9.17) is 17.3 Å². The molecule has 0 fully saturated rings. The zero-order valence-electron chi connectivity index (χ0n) is 13.1. The number of nitrogens with zero attached hydrogens (tertiary/aromatic N) is 3. The molecular weight excluding hydrogens is 324 g/mol. The summed E-state index contributed by atoms with van der Waals surface area (Å²) in [4.78, 5) is 12.6. The third-order valence-electron chi connectivity index (χ3n) is 3.45. The Hall–Kier alpha value is -2.86. The van der Waals surface area contributed by atoms with Gasteiger partial charge in [0.25, 0.3) is 0 Å². The lowest BCUT2D eigenvalue weighted by molar-refractivity contribution is 1.08. The van der Waals surface area contributed by atoms with E-state index >= 15 is 0 Å². The monoisotopic (exact) mass is 340 g/mol. The minimum absolute atomic E-state index is 0.424. The lowest BCUT2D eigenvalue weighted by atomic mass is 10.2. The summed E-state index contributed by atoms with van der Waals surface area (Å²) in [6.45, 7) is 2.51. The molecule has 0 bridgehead atoms. The molecule has 0 radical (unpaired) electrons. The molecular formula is C17H17ClN6. The van der Waals surface area contributed by atoms with Crippen molar-refractivity contribution in [2.75, 3.05) is 16.4 Å². The third kappa shape index (κ3) is 3.72. The number of nitrogens with one attached hydrogen (secondary N) is 2. The summed E-state index contributed by atoms with van der Waals surface area (Å²) in [6, 6.07) is 11.5. The normalized spacial score (nSPS) is 10.4. The molecule has 2 heterocycles. The fourth-order valence-corrected chi connectivity index (χ4v) is 2.39. The maximum atomic E-state index is 6.16. The molecule has 1 aromatic carbocycles. The Labute approximate surface area is 145 Å². The van der Waals surface area contributed by atoms with Crippen molar-refractivity contribution in [3.8, 4) is 0 Å². The van der Waals surface area contributed by atoms with Gasteiger partial charge in [-0.05, 0) is 36.2 Å². The summed E-state index contributed by atoms with van der Waals surface area (Å²) in [6.07, 6.45) is 3.18. The fourth-order valence-electron chi connectivity index (χ4n) is 2.18. The first-order chi connectivity index (χ1) is 11.6. The highest BCUT2D eigenvalue weighted by molar-refractivity contribution is 6.31. The van der Waals surface area contributed by atoms with E-state index in [0.717, 1.165) is 11.1 Å². The molecule has 0 amide bonds. The number of hydrogen-bond donors (Lipinski definition) is 3. The molecule has 7 heteroatoms. The molecule has 24 heavy (non-hydrogen) atoms. The molecule has 2 aromatic heterocycles. The molecule has 3 aromatic rings. The number of nitrogens with two attached hydrogens (primary N) is 1. The quantitative estimate of drug-likeness (QED) is 0.655. The van der Waals surface area contributed by atoms with Crippen molar-refractivity contribution in [3.63, 3.8) is 0 Å². The maximum absolute atomic E-state index is 6.16. The number of aryl methyl sites for hydroxylation is 1. The van der Waals surface area contributed by atoms with Crippen LogP contribution in [0.5, 0.6) is 0 Å². The number of pyridine rings is 1. The van der Waals surface area contributed by atoms with E-state index in [1.165, 1.54) is 6.33 Å². The largest absolute Gasteiger partial charge is 0.393 e. The summed E-state index contributed by atoms with van der Waals surface area (Å²) < 4.78 is 0. The highest BCUT2D eigenvalue weighted by atomic mass is 35.5. The zero-order chi connectivity index (χ0) is 16.9. The van der Waals surface area contributed by atoms with Crippen LogP contribution in [0.25, 0.3) is 0 Å². The number of hydrogen-bond acceptors (Lipinski definition) is 6. The van der Waals surface area contributed by atoms with Crippen molar-refractivity contribution in [1.29, 1.82) is 0 Å². The van der Waals surface area contributed by atoms with E-state index in [2.05, 4.69) is 25.6 Å². The molecule has 0 atom stereocenters. The van der Waals surface area contributed by atoms with Gasteiger partial charge in [0.05, 0.1) is 0 Å². The van der Waals surface area contributed by atoms with Crippen molar-refractivity contribution >= 4 is 34.7 Å². The molecule has 0 aliphatic rings. The average Bonchev–Trinajstić information content (AvgIpc) is 2.57. The van der Waals surface area contributed by atoms with Crippen LogP contribution < -0.4 is 16.4 Å². The first-order valence-electron chi connectivity index (χ1n) is 7.41. The maximum Gasteiger partial charge on any atom is 0.160 e. The molecule has 0 saturated carbocycles. The van der Waals surface area contributed by atoms with E-state index in [1.807, 2.05) is 43.3 Å². The number of halogens is 1. The van der Waals surface area contributed by atoms with Gasteiger partial charge in [-0.2, -0.15) is 0 Å². The summed E-state index contributed by atoms with van der Waals surface area (Å²) in [5, 5.41) is 6.99. The standard InChI is InChI=1S/C17H17ClN6/c1-11-6-7-20-14(8-11)24-17-15(19)16(22-10-23-17)21-9-12-4-2-3-5-13(12)18/h2-8,10H,9,19H2,1H3,(H2,20,21,22,23,24). The van der Waals surface area contributed by atoms with Crippen molar-refractivity contribution in [3.05, 3.63) is 65.1 Å². The third-order valence-corrected chi connectivity index (χ3v) is 3.82. The number of anilines is 4. The van der Waals surface area contributed by atoms with Gasteiger partial charge in [0.15, 0.2) is 11.6 Å². The molecule has 0 saturated heterocycles. The van der Waals surface area contributed by atoms with Gasteiger partial charge in [0, 0.05) is 17.8 Å². The second-order valence-corrected chi connectivity index (χ2v) is 5.68. The number of nitrogen functional groups attached to an aromatic ring is 1. The number of benzene rings is 1. The second-order valence-electron chi connectivity index (χ2n) is 5.27. The van der Waals surface area contributed by atoms with Crippen LogP contribution in [-0.4, -0.2) is 15.0 Å². The van der Waals surface area contributed by atoms with Crippen LogP contribution in [0.15, 0.2) is 48.9 Å². The van der Waals surface area contributed by atoms with E-state index in [1.54, 1.807) is 6.20 Å². The molecule has 0 unspecified atom stereocenters. The van der Waals surface area contributed by atoms with Crippen LogP contribution in [0.2, 0.25) is 5.02 Å². The lowest BCUT2D eigenvalue weighted by Gasteiger charge is -2.13. The van der Waals surface area contributed by atoms with E-state index < -0.39 is 0 Å². The van der Waals surface area contributed by atoms with Gasteiger partial charge in [-0.3, -0.25) is 0 Å².